The minimum absolute atomic E-state index is 0.00286. The maximum atomic E-state index is 13.8. The molecule has 2 aliphatic rings. The molecule has 26 nitrogen and oxygen atoms in total. The number of amides is 4. The molecular weight excluding hydrogens is 1370 g/mol. The van der Waals surface area contributed by atoms with Gasteiger partial charge in [-0.15, -0.1) is 0 Å². The number of nitriles is 1. The molecule has 0 radical (unpaired) electrons. The molecule has 1 aliphatic heterocycles. The lowest BCUT2D eigenvalue weighted by molar-refractivity contribution is -0.120. The van der Waals surface area contributed by atoms with E-state index in [-0.39, 0.29) is 101 Å². The van der Waals surface area contributed by atoms with Crippen LogP contribution in [0, 0.1) is 11.3 Å². The highest BCUT2D eigenvalue weighted by Gasteiger charge is 2.41. The number of benzene rings is 7. The van der Waals surface area contributed by atoms with Gasteiger partial charge in [-0.3, -0.25) is 23.5 Å². The molecule has 1 saturated heterocycles. The van der Waals surface area contributed by atoms with Gasteiger partial charge in [-0.1, -0.05) is 146 Å². The number of hydrogen-bond donors (Lipinski definition) is 4. The normalized spacial score (nSPS) is 15.5. The third-order valence-corrected chi connectivity index (χ3v) is 19.6. The van der Waals surface area contributed by atoms with Crippen molar-refractivity contribution >= 4 is 55.2 Å². The van der Waals surface area contributed by atoms with Crippen LogP contribution in [0.3, 0.4) is 0 Å². The summed E-state index contributed by atoms with van der Waals surface area (Å²) in [7, 11) is 2.43. The maximum absolute atomic E-state index is 13.8. The maximum Gasteiger partial charge on any atom is 0.409 e. The van der Waals surface area contributed by atoms with Crippen LogP contribution in [0.1, 0.15) is 94.1 Å². The number of nitrogens with zero attached hydrogens (tertiary/aromatic N) is 8. The number of aliphatic hydroxyl groups is 1. The molecule has 4 heterocycles. The number of aromatic nitrogens is 6. The van der Waals surface area contributed by atoms with Crippen LogP contribution >= 0.6 is 8.60 Å². The van der Waals surface area contributed by atoms with E-state index in [4.69, 9.17) is 42.0 Å². The minimum atomic E-state index is -2.36. The number of ether oxygens (including phenoxy) is 6. The van der Waals surface area contributed by atoms with Crippen molar-refractivity contribution in [2.24, 2.45) is 0 Å². The predicted octanol–water partition coefficient (Wildman–Crippen LogP) is 11.4. The fraction of sp³-hybridized carbons (Fsp3) is 0.291. The molecule has 106 heavy (non-hydrogen) atoms. The molecule has 6 atom stereocenters. The van der Waals surface area contributed by atoms with Crippen molar-refractivity contribution in [2.75, 3.05) is 64.9 Å². The molecule has 10 aromatic rings. The highest BCUT2D eigenvalue weighted by molar-refractivity contribution is 7.41. The molecule has 27 heteroatoms. The highest BCUT2D eigenvalue weighted by atomic mass is 31.2. The summed E-state index contributed by atoms with van der Waals surface area (Å²) in [5, 5.41) is 29.5. The lowest BCUT2D eigenvalue weighted by Gasteiger charge is -2.38. The molecule has 0 saturated carbocycles. The summed E-state index contributed by atoms with van der Waals surface area (Å²) in [5.74, 6) is 0.284. The lowest BCUT2D eigenvalue weighted by atomic mass is 9.80. The van der Waals surface area contributed by atoms with Crippen molar-refractivity contribution in [2.45, 2.75) is 94.5 Å². The quantitative estimate of drug-likeness (QED) is 0.0165. The Labute approximate surface area is 613 Å². The van der Waals surface area contributed by atoms with E-state index >= 15 is 0 Å². The van der Waals surface area contributed by atoms with Gasteiger partial charge >= 0.3 is 20.4 Å². The summed E-state index contributed by atoms with van der Waals surface area (Å²) >= 11 is 0. The first-order valence-electron chi connectivity index (χ1n) is 34.5. The largest absolute Gasteiger partial charge is 0.497 e. The van der Waals surface area contributed by atoms with Gasteiger partial charge in [-0.25, -0.2) is 24.5 Å². The molecule has 1 aliphatic carbocycles. The molecule has 1 fully saturated rings. The van der Waals surface area contributed by atoms with Crippen molar-refractivity contribution in [3.63, 3.8) is 0 Å². The van der Waals surface area contributed by atoms with E-state index in [1.54, 1.807) is 57.0 Å². The Morgan fingerprint density at radius 3 is 2.07 bits per heavy atom. The van der Waals surface area contributed by atoms with Gasteiger partial charge in [0, 0.05) is 50.7 Å². The lowest BCUT2D eigenvalue weighted by Crippen LogP contribution is -2.40. The summed E-state index contributed by atoms with van der Waals surface area (Å²) in [6.45, 7) is 1.68. The smallest absolute Gasteiger partial charge is 0.409 e. The number of carbonyl (C=O) groups excluding carboxylic acids is 4. The van der Waals surface area contributed by atoms with E-state index in [0.29, 0.717) is 29.1 Å². The van der Waals surface area contributed by atoms with Gasteiger partial charge in [0.25, 0.3) is 5.91 Å². The van der Waals surface area contributed by atoms with Crippen LogP contribution in [-0.2, 0) is 67.4 Å². The average Bonchev–Trinajstić information content (AvgIpc) is 1.36. The van der Waals surface area contributed by atoms with Crippen molar-refractivity contribution in [3.8, 4) is 28.7 Å². The Bertz CT molecular complexity index is 4650. The van der Waals surface area contributed by atoms with Crippen LogP contribution in [0.15, 0.2) is 212 Å². The van der Waals surface area contributed by atoms with E-state index in [9.17, 15) is 34.3 Å². The molecule has 3 unspecified atom stereocenters. The van der Waals surface area contributed by atoms with Crippen molar-refractivity contribution in [3.05, 3.63) is 262 Å². The Morgan fingerprint density at radius 2 is 1.41 bits per heavy atom. The first-order chi connectivity index (χ1) is 51.7. The number of aliphatic hydroxyl groups excluding tert-OH is 1. The number of rotatable bonds is 34. The van der Waals surface area contributed by atoms with E-state index in [1.807, 2.05) is 133 Å². The number of anilines is 2. The van der Waals surface area contributed by atoms with Crippen LogP contribution in [0.25, 0.3) is 22.3 Å². The van der Waals surface area contributed by atoms with Crippen LogP contribution < -0.4 is 31.1 Å². The van der Waals surface area contributed by atoms with Crippen molar-refractivity contribution in [1.82, 2.24) is 39.3 Å². The molecule has 12 rings (SSSR count). The Balaban J connectivity index is 0.709. The first-order valence-corrected chi connectivity index (χ1v) is 35.6. The second-order valence-electron chi connectivity index (χ2n) is 25.2. The Hall–Kier alpha value is -11.1. The van der Waals surface area contributed by atoms with Crippen LogP contribution in [0.5, 0.6) is 11.5 Å². The molecular formula is C79H80N11O15P. The number of nitrogens with one attached hydrogen (secondary N) is 3. The van der Waals surface area contributed by atoms with Gasteiger partial charge in [-0.2, -0.15) is 10.2 Å². The fourth-order valence-electron chi connectivity index (χ4n) is 12.7. The van der Waals surface area contributed by atoms with E-state index in [1.165, 1.54) is 34.4 Å². The SMILES string of the molecule is COc1ccc(C(OC[C@@H](OCn2cnc3c(NC(=O)c4ccc(CNC(=O)Cc5ccccc5)cc4)ncnc32)C(C)OP(OCCC#N)OC[C@H]2O[C@@H](n3ccc(NC(=O)CCCN(C)C(=O)OCC4c5ccccc5-c5ccccc54)nc3=O)CC2O)(c2ccccc2)c2ccc(OC)cc2)cc1. The Kier molecular flexibility index (Phi) is 25.0. The third-order valence-electron chi connectivity index (χ3n) is 18.3. The predicted molar refractivity (Wildman–Crippen MR) is 393 cm³/mol. The first kappa shape index (κ1) is 74.6. The van der Waals surface area contributed by atoms with E-state index in [0.717, 1.165) is 50.1 Å². The average molecular weight is 1450 g/mol. The van der Waals surface area contributed by atoms with Gasteiger partial charge in [0.1, 0.15) is 61.0 Å². The van der Waals surface area contributed by atoms with Gasteiger partial charge in [0.2, 0.25) is 11.8 Å². The zero-order valence-electron chi connectivity index (χ0n) is 58.8. The molecule has 4 N–H and O–H groups in total. The standard InChI is InChI=1S/C79H80N11O15P/c1-52(105-106(102-42-16-39-80)103-48-68-66(91)44-72(104-68)90-41-38-69(86-77(90)95)85-70(92)25-15-40-88(2)78(96)99-46-65-63-23-13-11-21-61(63)62-22-12-14-24-64(62)65)67(47-101-79(56-19-9-6-10-20-56,57-30-34-59(97-3)35-31-57)58-32-36-60(98-4)37-33-58)100-51-89-50-84-73-74(82-49-83-75(73)89)87-76(94)55-28-26-54(27-29-55)45-81-71(93)43-53-17-7-5-8-18-53/h5-14,17-24,26-38,41,49-50,52,65-68,72,91H,15-16,25,40,42-48,51H2,1-4H3,(H,81,93)(H,82,83,87,94)(H,85,86,92,95)/t52?,66?,67-,68-,72-,106?/m1/s1. The molecule has 4 amide bonds. The third kappa shape index (κ3) is 18.1. The number of hydrogen-bond acceptors (Lipinski definition) is 20. The van der Waals surface area contributed by atoms with Crippen LogP contribution in [-0.4, -0.2) is 142 Å². The number of methoxy groups -OCH3 is 2. The summed E-state index contributed by atoms with van der Waals surface area (Å²) < 4.78 is 59.4. The summed E-state index contributed by atoms with van der Waals surface area (Å²) in [6.07, 6.45) is -0.853. The molecule has 3 aromatic heterocycles. The van der Waals surface area contributed by atoms with E-state index in [2.05, 4.69) is 66.2 Å². The van der Waals surface area contributed by atoms with Gasteiger partial charge in [0.05, 0.1) is 71.5 Å². The fourth-order valence-corrected chi connectivity index (χ4v) is 13.8. The summed E-state index contributed by atoms with van der Waals surface area (Å²) in [4.78, 5) is 85.3. The van der Waals surface area contributed by atoms with Crippen molar-refractivity contribution < 1.29 is 66.3 Å². The van der Waals surface area contributed by atoms with E-state index < -0.39 is 68.4 Å². The summed E-state index contributed by atoms with van der Waals surface area (Å²) in [6, 6.07) is 60.8. The van der Waals surface area contributed by atoms with Crippen LogP contribution in [0.2, 0.25) is 0 Å². The number of imidazole rings is 1. The Morgan fingerprint density at radius 1 is 0.755 bits per heavy atom. The van der Waals surface area contributed by atoms with Gasteiger partial charge in [-0.05, 0) is 106 Å². The topological polar surface area (TPSA) is 313 Å². The van der Waals surface area contributed by atoms with Gasteiger partial charge < -0.3 is 67.9 Å². The highest BCUT2D eigenvalue weighted by Crippen LogP contribution is 2.47. The monoisotopic (exact) mass is 1450 g/mol. The second kappa shape index (κ2) is 35.6. The molecule has 7 aromatic carbocycles. The van der Waals surface area contributed by atoms with Crippen molar-refractivity contribution in [1.29, 1.82) is 5.26 Å². The zero-order chi connectivity index (χ0) is 73.9. The van der Waals surface area contributed by atoms with Crippen LogP contribution in [0.4, 0.5) is 16.4 Å². The summed E-state index contributed by atoms with van der Waals surface area (Å²) in [5.41, 5.74) is 7.25. The second-order valence-corrected chi connectivity index (χ2v) is 26.4. The van der Waals surface area contributed by atoms with Gasteiger partial charge in [0.15, 0.2) is 17.0 Å². The molecule has 0 spiro atoms. The molecule has 0 bridgehead atoms. The molecule has 546 valence electrons. The number of carbonyl (C=O) groups is 4. The minimum Gasteiger partial charge on any atom is -0.497 e. The number of fused-ring (bicyclic) bond motifs is 4. The zero-order valence-corrected chi connectivity index (χ0v) is 59.7.